The van der Waals surface area contributed by atoms with Crippen LogP contribution in [0.15, 0.2) is 210 Å². The smallest absolute Gasteiger partial charge is 0.161 e. The summed E-state index contributed by atoms with van der Waals surface area (Å²) in [5, 5.41) is 10.1. The van der Waals surface area contributed by atoms with Gasteiger partial charge in [0.25, 0.3) is 0 Å². The number of hydrogen-bond donors (Lipinski definition) is 0. The predicted octanol–water partition coefficient (Wildman–Crippen LogP) is 15.4. The summed E-state index contributed by atoms with van der Waals surface area (Å²) in [6.45, 7) is 0. The Balaban J connectivity index is 1.02. The second-order valence-corrected chi connectivity index (χ2v) is 18.3. The lowest BCUT2D eigenvalue weighted by Gasteiger charge is -2.31. The summed E-state index contributed by atoms with van der Waals surface area (Å²) in [6, 6.07) is 72.4. The quantitative estimate of drug-likeness (QED) is 0.169. The van der Waals surface area contributed by atoms with Crippen molar-refractivity contribution < 1.29 is 0 Å². The standard InChI is InChI=1S/C62H42N2/c1-2-16-40(17-3-1)56-26-13-27-57(50-25-12-21-38-14-6-9-22-47(38)50)64-61(63-56)59-48-23-10-8-20-43(48)32-45-33-44-28-30-46(36-52(44)58(45)59)62-37-55(62)54-35-42-19-5-4-18-41(42)34-53(54)51-31-29-39-15-7-11-24-49(39)60(51)62/h1-12,14-25,27-32,34-36,55H,13,26,33,37H2/b57-27-,63-56+,64-61-. The van der Waals surface area contributed by atoms with Gasteiger partial charge in [0.15, 0.2) is 5.84 Å². The molecule has 0 bridgehead atoms. The molecule has 0 saturated heterocycles. The number of rotatable bonds is 4. The van der Waals surface area contributed by atoms with E-state index in [9.17, 15) is 0 Å². The molecular weight excluding hydrogens is 773 g/mol. The van der Waals surface area contributed by atoms with E-state index in [0.29, 0.717) is 5.92 Å². The molecule has 0 aromatic heterocycles. The Morgan fingerprint density at radius 2 is 1.16 bits per heavy atom. The number of allylic oxidation sites excluding steroid dienone is 1. The highest BCUT2D eigenvalue weighted by Crippen LogP contribution is 2.71. The summed E-state index contributed by atoms with van der Waals surface area (Å²) in [6.07, 6.45) is 5.98. The summed E-state index contributed by atoms with van der Waals surface area (Å²) < 4.78 is 0. The van der Waals surface area contributed by atoms with Crippen molar-refractivity contribution in [2.45, 2.75) is 37.0 Å². The van der Waals surface area contributed by atoms with Crippen LogP contribution in [-0.2, 0) is 11.8 Å². The molecule has 2 heteroatoms. The Morgan fingerprint density at radius 1 is 0.453 bits per heavy atom. The molecule has 64 heavy (non-hydrogen) atoms. The fourth-order valence-electron chi connectivity index (χ4n) is 11.9. The molecule has 4 aliphatic rings. The maximum Gasteiger partial charge on any atom is 0.161 e. The van der Waals surface area contributed by atoms with Gasteiger partial charge < -0.3 is 0 Å². The Morgan fingerprint density at radius 3 is 2.00 bits per heavy atom. The predicted molar refractivity (Wildman–Crippen MR) is 268 cm³/mol. The maximum atomic E-state index is 5.74. The molecule has 10 aromatic carbocycles. The number of amidine groups is 1. The number of hydrogen-bond acceptors (Lipinski definition) is 2. The SMILES string of the molecule is C1=C(c2cccc3ccccc23)/N=C(c2c3c(cc4ccccc24)Cc2ccc(C45CC4c4cc6ccccc6cc4-c4ccc6ccccc6c45)cc2-3)\N=C(\c2ccccc2)CC\1. The van der Waals surface area contributed by atoms with Gasteiger partial charge in [-0.1, -0.05) is 188 Å². The van der Waals surface area contributed by atoms with Gasteiger partial charge in [-0.2, -0.15) is 0 Å². The van der Waals surface area contributed by atoms with Crippen molar-refractivity contribution in [3.63, 3.8) is 0 Å². The molecule has 300 valence electrons. The second-order valence-electron chi connectivity index (χ2n) is 18.3. The molecule has 0 radical (unpaired) electrons. The zero-order valence-corrected chi connectivity index (χ0v) is 35.4. The van der Waals surface area contributed by atoms with Crippen LogP contribution in [0.1, 0.15) is 69.7 Å². The Bertz CT molecular complexity index is 3730. The van der Waals surface area contributed by atoms with E-state index >= 15 is 0 Å². The van der Waals surface area contributed by atoms with Gasteiger partial charge in [0.2, 0.25) is 0 Å². The number of nitrogens with zero attached hydrogens (tertiary/aromatic N) is 2. The van der Waals surface area contributed by atoms with Crippen molar-refractivity contribution in [2.24, 2.45) is 9.98 Å². The van der Waals surface area contributed by atoms with Crippen molar-refractivity contribution in [1.29, 1.82) is 0 Å². The van der Waals surface area contributed by atoms with Crippen LogP contribution in [0, 0.1) is 0 Å². The normalized spacial score (nSPS) is 20.7. The summed E-state index contributed by atoms with van der Waals surface area (Å²) in [7, 11) is 0. The van der Waals surface area contributed by atoms with Gasteiger partial charge in [0, 0.05) is 16.5 Å². The van der Waals surface area contributed by atoms with Gasteiger partial charge >= 0.3 is 0 Å². The lowest BCUT2D eigenvalue weighted by molar-refractivity contribution is 0.803. The molecule has 1 saturated carbocycles. The highest BCUT2D eigenvalue weighted by Gasteiger charge is 2.61. The van der Waals surface area contributed by atoms with Gasteiger partial charge in [-0.3, -0.25) is 0 Å². The molecule has 1 heterocycles. The van der Waals surface area contributed by atoms with Crippen molar-refractivity contribution >= 4 is 60.3 Å². The molecule has 2 unspecified atom stereocenters. The third-order valence-corrected chi connectivity index (χ3v) is 14.9. The van der Waals surface area contributed by atoms with Crippen LogP contribution in [0.25, 0.3) is 71.0 Å². The van der Waals surface area contributed by atoms with E-state index < -0.39 is 0 Å². The zero-order valence-electron chi connectivity index (χ0n) is 35.4. The van der Waals surface area contributed by atoms with Crippen molar-refractivity contribution in [3.8, 4) is 22.3 Å². The molecule has 1 fully saturated rings. The number of benzene rings is 10. The first-order valence-electron chi connectivity index (χ1n) is 22.8. The topological polar surface area (TPSA) is 24.7 Å². The average molecular weight is 815 g/mol. The highest BCUT2D eigenvalue weighted by molar-refractivity contribution is 6.22. The molecule has 10 aromatic rings. The van der Waals surface area contributed by atoms with Gasteiger partial charge in [-0.05, 0) is 142 Å². The molecule has 2 atom stereocenters. The fraction of sp³-hybridized carbons (Fsp3) is 0.0968. The van der Waals surface area contributed by atoms with Gasteiger partial charge in [0.1, 0.15) is 0 Å². The van der Waals surface area contributed by atoms with Crippen LogP contribution in [0.5, 0.6) is 0 Å². The first kappa shape index (κ1) is 35.9. The zero-order chi connectivity index (χ0) is 41.9. The van der Waals surface area contributed by atoms with Crippen LogP contribution in [0.2, 0.25) is 0 Å². The molecule has 2 nitrogen and oxygen atoms in total. The van der Waals surface area contributed by atoms with Crippen molar-refractivity contribution in [1.82, 2.24) is 0 Å². The molecule has 14 rings (SSSR count). The minimum atomic E-state index is -0.138. The molecule has 0 N–H and O–H groups in total. The molecule has 0 spiro atoms. The highest BCUT2D eigenvalue weighted by atomic mass is 14.9. The Hall–Kier alpha value is -7.68. The van der Waals surface area contributed by atoms with E-state index in [4.69, 9.17) is 9.98 Å². The van der Waals surface area contributed by atoms with Gasteiger partial charge in [0.05, 0.1) is 11.4 Å². The van der Waals surface area contributed by atoms with Gasteiger partial charge in [-0.25, -0.2) is 9.98 Å². The third kappa shape index (κ3) is 5.26. The van der Waals surface area contributed by atoms with E-state index in [0.717, 1.165) is 59.6 Å². The van der Waals surface area contributed by atoms with Crippen LogP contribution < -0.4 is 0 Å². The summed E-state index contributed by atoms with van der Waals surface area (Å²) >= 11 is 0. The van der Waals surface area contributed by atoms with E-state index in [1.54, 1.807) is 0 Å². The van der Waals surface area contributed by atoms with Crippen LogP contribution in [0.4, 0.5) is 0 Å². The lowest BCUT2D eigenvalue weighted by Crippen LogP contribution is -2.18. The van der Waals surface area contributed by atoms with E-state index in [1.165, 1.54) is 93.2 Å². The summed E-state index contributed by atoms with van der Waals surface area (Å²) in [5.41, 5.74) is 17.8. The first-order valence-corrected chi connectivity index (χ1v) is 22.8. The fourth-order valence-corrected chi connectivity index (χ4v) is 11.9. The van der Waals surface area contributed by atoms with E-state index in [-0.39, 0.29) is 5.41 Å². The lowest BCUT2D eigenvalue weighted by atomic mass is 9.72. The van der Waals surface area contributed by atoms with Gasteiger partial charge in [-0.15, -0.1) is 0 Å². The number of aliphatic imine (C=N–C) groups is 2. The first-order chi connectivity index (χ1) is 31.7. The summed E-state index contributed by atoms with van der Waals surface area (Å²) in [4.78, 5) is 11.4. The van der Waals surface area contributed by atoms with Crippen LogP contribution in [-0.4, -0.2) is 11.5 Å². The monoisotopic (exact) mass is 814 g/mol. The van der Waals surface area contributed by atoms with Crippen molar-refractivity contribution in [2.75, 3.05) is 0 Å². The Labute approximate surface area is 372 Å². The minimum Gasteiger partial charge on any atom is -0.232 e. The third-order valence-electron chi connectivity index (χ3n) is 14.9. The van der Waals surface area contributed by atoms with Crippen LogP contribution >= 0.6 is 0 Å². The molecule has 3 aliphatic carbocycles. The maximum absolute atomic E-state index is 5.74. The largest absolute Gasteiger partial charge is 0.232 e. The van der Waals surface area contributed by atoms with Crippen LogP contribution in [0.3, 0.4) is 0 Å². The minimum absolute atomic E-state index is 0.138. The molecular formula is C62H42N2. The van der Waals surface area contributed by atoms with E-state index in [2.05, 4.69) is 200 Å². The van der Waals surface area contributed by atoms with Crippen molar-refractivity contribution in [3.05, 3.63) is 245 Å². The number of fused-ring (bicyclic) bond motifs is 14. The second kappa shape index (κ2) is 13.7. The molecule has 1 aliphatic heterocycles. The average Bonchev–Trinajstić information content (AvgIpc) is 4.01. The Kier molecular flexibility index (Phi) is 7.65. The van der Waals surface area contributed by atoms with E-state index in [1.807, 2.05) is 0 Å². The molecule has 0 amide bonds. The summed E-state index contributed by atoms with van der Waals surface area (Å²) in [5.74, 6) is 1.17.